The van der Waals surface area contributed by atoms with Gasteiger partial charge in [0.15, 0.2) is 11.6 Å². The largest absolute Gasteiger partial charge is 0.478 e. The lowest BCUT2D eigenvalue weighted by Crippen LogP contribution is -2.18. The number of ether oxygens (including phenoxy) is 1. The summed E-state index contributed by atoms with van der Waals surface area (Å²) in [4.78, 5) is 11.2. The van der Waals surface area contributed by atoms with E-state index in [9.17, 15) is 14.3 Å². The van der Waals surface area contributed by atoms with E-state index < -0.39 is 17.9 Å². The van der Waals surface area contributed by atoms with E-state index in [1.54, 1.807) is 36.4 Å². The predicted molar refractivity (Wildman–Crippen MR) is 71.5 cm³/mol. The van der Waals surface area contributed by atoms with E-state index in [-0.39, 0.29) is 5.75 Å². The fourth-order valence-corrected chi connectivity index (χ4v) is 1.92. The van der Waals surface area contributed by atoms with Crippen LogP contribution in [0.15, 0.2) is 53.0 Å². The number of hydrogen-bond donors (Lipinski definition) is 1. The number of halogens is 2. The normalized spacial score (nSPS) is 11.9. The van der Waals surface area contributed by atoms with Crippen LogP contribution < -0.4 is 4.74 Å². The lowest BCUT2D eigenvalue weighted by atomic mass is 10.1. The first-order valence-electron chi connectivity index (χ1n) is 5.47. The Bertz CT molecular complexity index is 586. The van der Waals surface area contributed by atoms with Crippen molar-refractivity contribution in [3.8, 4) is 5.75 Å². The van der Waals surface area contributed by atoms with E-state index in [0.717, 1.165) is 0 Å². The molecule has 1 atom stereocenters. The molecule has 2 aromatic carbocycles. The third kappa shape index (κ3) is 3.32. The molecule has 0 aliphatic heterocycles. The molecule has 3 nitrogen and oxygen atoms in total. The Morgan fingerprint density at radius 1 is 1.21 bits per heavy atom. The van der Waals surface area contributed by atoms with Gasteiger partial charge >= 0.3 is 5.97 Å². The van der Waals surface area contributed by atoms with E-state index in [4.69, 9.17) is 4.74 Å². The molecule has 0 heterocycles. The Kier molecular flexibility index (Phi) is 4.16. The molecule has 2 rings (SSSR count). The van der Waals surface area contributed by atoms with Crippen molar-refractivity contribution in [3.05, 3.63) is 64.4 Å². The number of benzene rings is 2. The molecule has 0 spiro atoms. The van der Waals surface area contributed by atoms with Crippen LogP contribution in [0.5, 0.6) is 5.75 Å². The molecule has 0 saturated heterocycles. The van der Waals surface area contributed by atoms with Gasteiger partial charge in [0.2, 0.25) is 6.10 Å². The van der Waals surface area contributed by atoms with E-state index in [1.165, 1.54) is 12.1 Å². The van der Waals surface area contributed by atoms with Gasteiger partial charge in [-0.05, 0) is 18.2 Å². The van der Waals surface area contributed by atoms with E-state index in [2.05, 4.69) is 15.9 Å². The Hall–Kier alpha value is -1.88. The quantitative estimate of drug-likeness (QED) is 0.930. The van der Waals surface area contributed by atoms with Crippen molar-refractivity contribution in [2.45, 2.75) is 6.10 Å². The highest BCUT2D eigenvalue weighted by molar-refractivity contribution is 9.10. The molecule has 1 unspecified atom stereocenters. The standard InChI is InChI=1S/C14H10BrFO3/c15-10-6-7-12(11(16)8-10)19-13(14(17)18)9-4-2-1-3-5-9/h1-8,13H,(H,17,18). The zero-order valence-electron chi connectivity index (χ0n) is 9.72. The first kappa shape index (κ1) is 13.5. The molecular formula is C14H10BrFO3. The van der Waals surface area contributed by atoms with Crippen molar-refractivity contribution in [3.63, 3.8) is 0 Å². The van der Waals surface area contributed by atoms with Crippen LogP contribution in [0.3, 0.4) is 0 Å². The average molecular weight is 325 g/mol. The van der Waals surface area contributed by atoms with Gasteiger partial charge in [0, 0.05) is 10.0 Å². The molecule has 0 saturated carbocycles. The van der Waals surface area contributed by atoms with Gasteiger partial charge in [0.05, 0.1) is 0 Å². The summed E-state index contributed by atoms with van der Waals surface area (Å²) in [5.41, 5.74) is 0.456. The molecule has 0 aliphatic rings. The van der Waals surface area contributed by atoms with Gasteiger partial charge in [-0.15, -0.1) is 0 Å². The summed E-state index contributed by atoms with van der Waals surface area (Å²) in [6.45, 7) is 0. The van der Waals surface area contributed by atoms with Crippen LogP contribution in [0, 0.1) is 5.82 Å². The van der Waals surface area contributed by atoms with Crippen molar-refractivity contribution in [1.29, 1.82) is 0 Å². The first-order chi connectivity index (χ1) is 9.08. The highest BCUT2D eigenvalue weighted by Gasteiger charge is 2.22. The maximum absolute atomic E-state index is 13.6. The molecule has 0 aliphatic carbocycles. The average Bonchev–Trinajstić information content (AvgIpc) is 2.38. The van der Waals surface area contributed by atoms with Gasteiger partial charge in [-0.1, -0.05) is 46.3 Å². The smallest absolute Gasteiger partial charge is 0.349 e. The summed E-state index contributed by atoms with van der Waals surface area (Å²) in [5, 5.41) is 9.18. The van der Waals surface area contributed by atoms with Crippen molar-refractivity contribution in [2.75, 3.05) is 0 Å². The second-order valence-corrected chi connectivity index (χ2v) is 4.74. The van der Waals surface area contributed by atoms with Crippen LogP contribution in [0.4, 0.5) is 4.39 Å². The molecule has 0 radical (unpaired) electrons. The maximum atomic E-state index is 13.6. The minimum absolute atomic E-state index is 0.0977. The Labute approximate surface area is 117 Å². The molecule has 1 N–H and O–H groups in total. The van der Waals surface area contributed by atoms with Gasteiger partial charge in [-0.25, -0.2) is 9.18 Å². The number of rotatable bonds is 4. The molecule has 0 amide bonds. The number of hydrogen-bond acceptors (Lipinski definition) is 2. The molecule has 98 valence electrons. The fraction of sp³-hybridized carbons (Fsp3) is 0.0714. The number of carboxylic acids is 1. The second-order valence-electron chi connectivity index (χ2n) is 3.82. The molecule has 0 bridgehead atoms. The van der Waals surface area contributed by atoms with Crippen LogP contribution in [0.2, 0.25) is 0 Å². The summed E-state index contributed by atoms with van der Waals surface area (Å²) < 4.78 is 19.5. The SMILES string of the molecule is O=C(O)C(Oc1ccc(Br)cc1F)c1ccccc1. The van der Waals surface area contributed by atoms with Crippen LogP contribution in [-0.2, 0) is 4.79 Å². The third-order valence-corrected chi connectivity index (χ3v) is 2.96. The van der Waals surface area contributed by atoms with Crippen molar-refractivity contribution in [2.24, 2.45) is 0 Å². The van der Waals surface area contributed by atoms with Crippen molar-refractivity contribution >= 4 is 21.9 Å². The molecular weight excluding hydrogens is 315 g/mol. The molecule has 5 heteroatoms. The van der Waals surface area contributed by atoms with Crippen LogP contribution in [-0.4, -0.2) is 11.1 Å². The number of carbonyl (C=O) groups is 1. The molecule has 2 aromatic rings. The van der Waals surface area contributed by atoms with Crippen LogP contribution in [0.1, 0.15) is 11.7 Å². The zero-order valence-corrected chi connectivity index (χ0v) is 11.3. The fourth-order valence-electron chi connectivity index (χ4n) is 1.59. The summed E-state index contributed by atoms with van der Waals surface area (Å²) in [6.07, 6.45) is -1.24. The summed E-state index contributed by atoms with van der Waals surface area (Å²) in [6, 6.07) is 12.6. The Morgan fingerprint density at radius 3 is 2.47 bits per heavy atom. The minimum Gasteiger partial charge on any atom is -0.478 e. The third-order valence-electron chi connectivity index (χ3n) is 2.47. The minimum atomic E-state index is -1.24. The van der Waals surface area contributed by atoms with Crippen molar-refractivity contribution < 1.29 is 19.0 Å². The lowest BCUT2D eigenvalue weighted by Gasteiger charge is -2.16. The summed E-state index contributed by atoms with van der Waals surface area (Å²) in [5.74, 6) is -1.88. The van der Waals surface area contributed by atoms with Crippen LogP contribution >= 0.6 is 15.9 Å². The highest BCUT2D eigenvalue weighted by Crippen LogP contribution is 2.27. The van der Waals surface area contributed by atoms with E-state index >= 15 is 0 Å². The Morgan fingerprint density at radius 2 is 1.89 bits per heavy atom. The van der Waals surface area contributed by atoms with Crippen LogP contribution in [0.25, 0.3) is 0 Å². The van der Waals surface area contributed by atoms with Gasteiger partial charge in [0.25, 0.3) is 0 Å². The number of aliphatic carboxylic acids is 1. The van der Waals surface area contributed by atoms with Gasteiger partial charge in [-0.3, -0.25) is 0 Å². The first-order valence-corrected chi connectivity index (χ1v) is 6.26. The van der Waals surface area contributed by atoms with Gasteiger partial charge in [0.1, 0.15) is 0 Å². The monoisotopic (exact) mass is 324 g/mol. The zero-order chi connectivity index (χ0) is 13.8. The molecule has 0 aromatic heterocycles. The Balaban J connectivity index is 2.29. The molecule has 19 heavy (non-hydrogen) atoms. The van der Waals surface area contributed by atoms with E-state index in [1.807, 2.05) is 0 Å². The number of carboxylic acid groups (broad SMARTS) is 1. The summed E-state index contributed by atoms with van der Waals surface area (Å²) in [7, 11) is 0. The molecule has 0 fully saturated rings. The van der Waals surface area contributed by atoms with E-state index in [0.29, 0.717) is 10.0 Å². The maximum Gasteiger partial charge on any atom is 0.349 e. The second kappa shape index (κ2) is 5.84. The van der Waals surface area contributed by atoms with Gasteiger partial charge in [-0.2, -0.15) is 0 Å². The lowest BCUT2D eigenvalue weighted by molar-refractivity contribution is -0.145. The summed E-state index contributed by atoms with van der Waals surface area (Å²) >= 11 is 3.12. The predicted octanol–water partition coefficient (Wildman–Crippen LogP) is 3.79. The van der Waals surface area contributed by atoms with Gasteiger partial charge < -0.3 is 9.84 Å². The topological polar surface area (TPSA) is 46.5 Å². The highest BCUT2D eigenvalue weighted by atomic mass is 79.9. The van der Waals surface area contributed by atoms with Crippen molar-refractivity contribution in [1.82, 2.24) is 0 Å².